The quantitative estimate of drug-likeness (QED) is 0.794. The second kappa shape index (κ2) is 3.09. The zero-order valence-corrected chi connectivity index (χ0v) is 8.95. The van der Waals surface area contributed by atoms with Crippen molar-refractivity contribution in [3.63, 3.8) is 0 Å². The highest BCUT2D eigenvalue weighted by Gasteiger charge is 2.16. The lowest BCUT2D eigenvalue weighted by Gasteiger charge is -1.99. The molecule has 2 aromatic rings. The molecule has 0 atom stereocenters. The first-order valence-corrected chi connectivity index (χ1v) is 4.77. The first-order valence-electron chi connectivity index (χ1n) is 3.98. The maximum Gasteiger partial charge on any atom is 0.354 e. The molecule has 0 saturated carbocycles. The maximum absolute atomic E-state index is 11.0. The molecule has 0 saturated heterocycles. The molecule has 2 rings (SSSR count). The van der Waals surface area contributed by atoms with E-state index in [-0.39, 0.29) is 5.69 Å². The predicted molar refractivity (Wildman–Crippen MR) is 54.6 cm³/mol. The number of carboxylic acid groups (broad SMARTS) is 1. The molecule has 14 heavy (non-hydrogen) atoms. The first-order chi connectivity index (χ1) is 6.61. The van der Waals surface area contributed by atoms with Crippen molar-refractivity contribution in [2.45, 2.75) is 6.92 Å². The second-order valence-corrected chi connectivity index (χ2v) is 3.71. The topological polar surface area (TPSA) is 54.6 Å². The molecule has 0 fully saturated rings. The lowest BCUT2D eigenvalue weighted by molar-refractivity contribution is 0.0688. The highest BCUT2D eigenvalue weighted by Crippen LogP contribution is 2.18. The molecule has 0 bridgehead atoms. The lowest BCUT2D eigenvalue weighted by atomic mass is 10.3. The highest BCUT2D eigenvalue weighted by atomic mass is 79.9. The van der Waals surface area contributed by atoms with Crippen LogP contribution in [0.2, 0.25) is 0 Å². The number of pyridine rings is 1. The van der Waals surface area contributed by atoms with Crippen LogP contribution in [0.3, 0.4) is 0 Å². The predicted octanol–water partition coefficient (Wildman–Crippen LogP) is 2.10. The molecule has 2 heterocycles. The fraction of sp³-hybridized carbons (Fsp3) is 0.111. The van der Waals surface area contributed by atoms with E-state index in [0.717, 1.165) is 0 Å². The number of aromatic nitrogens is 2. The van der Waals surface area contributed by atoms with Gasteiger partial charge in [0.05, 0.1) is 10.3 Å². The number of hydrogen-bond acceptors (Lipinski definition) is 2. The summed E-state index contributed by atoms with van der Waals surface area (Å²) in [5.74, 6) is -0.970. The van der Waals surface area contributed by atoms with Crippen LogP contribution in [0.15, 0.2) is 22.8 Å². The number of nitrogens with zero attached hydrogens (tertiary/aromatic N) is 2. The van der Waals surface area contributed by atoms with Crippen molar-refractivity contribution >= 4 is 27.5 Å². The Morgan fingerprint density at radius 2 is 2.29 bits per heavy atom. The lowest BCUT2D eigenvalue weighted by Crippen LogP contribution is -2.04. The number of aromatic carboxylic acids is 1. The van der Waals surface area contributed by atoms with Crippen LogP contribution >= 0.6 is 15.9 Å². The molecule has 0 aliphatic heterocycles. The summed E-state index contributed by atoms with van der Waals surface area (Å²) >= 11 is 3.29. The fourth-order valence-electron chi connectivity index (χ4n) is 1.42. The van der Waals surface area contributed by atoms with Gasteiger partial charge in [-0.25, -0.2) is 9.78 Å². The molecule has 5 heteroatoms. The molecule has 0 radical (unpaired) electrons. The second-order valence-electron chi connectivity index (χ2n) is 2.89. The summed E-state index contributed by atoms with van der Waals surface area (Å²) in [6.07, 6.45) is 0. The number of rotatable bonds is 1. The average Bonchev–Trinajstić information content (AvgIpc) is 2.42. The molecule has 0 aliphatic rings. The minimum atomic E-state index is -0.970. The van der Waals surface area contributed by atoms with Crippen LogP contribution in [0, 0.1) is 6.92 Å². The van der Waals surface area contributed by atoms with Crippen molar-refractivity contribution in [3.05, 3.63) is 34.2 Å². The Labute approximate surface area is 88.3 Å². The van der Waals surface area contributed by atoms with Gasteiger partial charge in [-0.2, -0.15) is 0 Å². The molecule has 4 nitrogen and oxygen atoms in total. The fourth-order valence-corrected chi connectivity index (χ4v) is 1.93. The SMILES string of the molecule is Cc1nc2cccc(Br)n2c1C(=O)O. The Morgan fingerprint density at radius 1 is 1.57 bits per heavy atom. The van der Waals surface area contributed by atoms with E-state index < -0.39 is 5.97 Å². The van der Waals surface area contributed by atoms with Crippen molar-refractivity contribution in [3.8, 4) is 0 Å². The van der Waals surface area contributed by atoms with Crippen LogP contribution in [0.25, 0.3) is 5.65 Å². The number of aryl methyl sites for hydroxylation is 1. The number of fused-ring (bicyclic) bond motifs is 1. The van der Waals surface area contributed by atoms with Crippen LogP contribution in [-0.4, -0.2) is 20.5 Å². The first kappa shape index (κ1) is 9.21. The standard InChI is InChI=1S/C9H7BrN2O2/c1-5-8(9(13)14)12-6(10)3-2-4-7(12)11-5/h2-4H,1H3,(H,13,14). The maximum atomic E-state index is 11.0. The Hall–Kier alpha value is -1.36. The van der Waals surface area contributed by atoms with Gasteiger partial charge in [0.25, 0.3) is 0 Å². The van der Waals surface area contributed by atoms with Crippen molar-refractivity contribution in [1.29, 1.82) is 0 Å². The molecule has 2 aromatic heterocycles. The Morgan fingerprint density at radius 3 is 2.93 bits per heavy atom. The van der Waals surface area contributed by atoms with Gasteiger partial charge in [-0.1, -0.05) is 6.07 Å². The summed E-state index contributed by atoms with van der Waals surface area (Å²) in [5, 5.41) is 9.00. The van der Waals surface area contributed by atoms with Gasteiger partial charge in [0.15, 0.2) is 5.69 Å². The van der Waals surface area contributed by atoms with Gasteiger partial charge in [0.2, 0.25) is 0 Å². The number of imidazole rings is 1. The normalized spacial score (nSPS) is 10.7. The molecule has 0 aliphatic carbocycles. The molecule has 0 amide bonds. The summed E-state index contributed by atoms with van der Waals surface area (Å²) in [6, 6.07) is 5.36. The molecule has 1 N–H and O–H groups in total. The van der Waals surface area contributed by atoms with Crippen molar-refractivity contribution in [2.75, 3.05) is 0 Å². The van der Waals surface area contributed by atoms with Gasteiger partial charge in [-0.05, 0) is 35.0 Å². The number of hydrogen-bond donors (Lipinski definition) is 1. The molecular formula is C9H7BrN2O2. The van der Waals surface area contributed by atoms with Crippen molar-refractivity contribution in [2.24, 2.45) is 0 Å². The van der Waals surface area contributed by atoms with Gasteiger partial charge in [-0.3, -0.25) is 4.40 Å². The van der Waals surface area contributed by atoms with Crippen molar-refractivity contribution < 1.29 is 9.90 Å². The zero-order chi connectivity index (χ0) is 10.3. The largest absolute Gasteiger partial charge is 0.477 e. The van der Waals surface area contributed by atoms with E-state index in [4.69, 9.17) is 5.11 Å². The Balaban J connectivity index is 2.93. The molecule has 72 valence electrons. The summed E-state index contributed by atoms with van der Waals surface area (Å²) < 4.78 is 2.26. The smallest absolute Gasteiger partial charge is 0.354 e. The van der Waals surface area contributed by atoms with Gasteiger partial charge >= 0.3 is 5.97 Å². The third-order valence-corrected chi connectivity index (χ3v) is 2.59. The third kappa shape index (κ3) is 1.21. The van der Waals surface area contributed by atoms with E-state index >= 15 is 0 Å². The summed E-state index contributed by atoms with van der Waals surface area (Å²) in [6.45, 7) is 1.68. The molecule has 0 aromatic carbocycles. The van der Waals surface area contributed by atoms with Crippen molar-refractivity contribution in [1.82, 2.24) is 9.38 Å². The average molecular weight is 255 g/mol. The molecule has 0 spiro atoms. The monoisotopic (exact) mass is 254 g/mol. The zero-order valence-electron chi connectivity index (χ0n) is 7.36. The van der Waals surface area contributed by atoms with E-state index in [1.54, 1.807) is 23.5 Å². The van der Waals surface area contributed by atoms with Crippen LogP contribution in [0.1, 0.15) is 16.2 Å². The van der Waals surface area contributed by atoms with E-state index in [2.05, 4.69) is 20.9 Å². The number of carbonyl (C=O) groups is 1. The van der Waals surface area contributed by atoms with E-state index in [0.29, 0.717) is 15.9 Å². The number of halogens is 1. The van der Waals surface area contributed by atoms with Crippen LogP contribution in [-0.2, 0) is 0 Å². The number of carboxylic acids is 1. The van der Waals surface area contributed by atoms with E-state index in [1.807, 2.05) is 6.07 Å². The minimum absolute atomic E-state index is 0.201. The van der Waals surface area contributed by atoms with Crippen LogP contribution < -0.4 is 0 Å². The summed E-state index contributed by atoms with van der Waals surface area (Å²) in [4.78, 5) is 15.1. The molecule has 0 unspecified atom stereocenters. The van der Waals surface area contributed by atoms with Crippen LogP contribution in [0.4, 0.5) is 0 Å². The minimum Gasteiger partial charge on any atom is -0.477 e. The summed E-state index contributed by atoms with van der Waals surface area (Å²) in [5.41, 5.74) is 1.35. The highest BCUT2D eigenvalue weighted by molar-refractivity contribution is 9.10. The molecular weight excluding hydrogens is 248 g/mol. The van der Waals surface area contributed by atoms with Gasteiger partial charge in [0.1, 0.15) is 5.65 Å². The summed E-state index contributed by atoms with van der Waals surface area (Å²) in [7, 11) is 0. The third-order valence-electron chi connectivity index (χ3n) is 1.97. The van der Waals surface area contributed by atoms with Gasteiger partial charge < -0.3 is 5.11 Å². The Kier molecular flexibility index (Phi) is 2.03. The van der Waals surface area contributed by atoms with Gasteiger partial charge in [0, 0.05) is 0 Å². The van der Waals surface area contributed by atoms with Gasteiger partial charge in [-0.15, -0.1) is 0 Å². The van der Waals surface area contributed by atoms with E-state index in [1.165, 1.54) is 0 Å². The van der Waals surface area contributed by atoms with Crippen LogP contribution in [0.5, 0.6) is 0 Å². The van der Waals surface area contributed by atoms with E-state index in [9.17, 15) is 4.79 Å². The Bertz CT molecular complexity index is 519.